The Morgan fingerprint density at radius 3 is 3.07 bits per heavy atom. The molecule has 0 aromatic carbocycles. The Bertz CT molecular complexity index is 401. The van der Waals surface area contributed by atoms with Gasteiger partial charge in [0.1, 0.15) is 0 Å². The molecule has 0 aliphatic heterocycles. The Morgan fingerprint density at radius 2 is 2.40 bits per heavy atom. The van der Waals surface area contributed by atoms with E-state index < -0.39 is 0 Å². The molecule has 0 atom stereocenters. The van der Waals surface area contributed by atoms with Crippen LogP contribution in [0.1, 0.15) is 10.8 Å². The van der Waals surface area contributed by atoms with Gasteiger partial charge in [0.2, 0.25) is 5.89 Å². The summed E-state index contributed by atoms with van der Waals surface area (Å²) in [6.45, 7) is 1.64. The van der Waals surface area contributed by atoms with Crippen LogP contribution >= 0.6 is 22.9 Å². The van der Waals surface area contributed by atoms with Crippen molar-refractivity contribution in [2.24, 2.45) is 0 Å². The highest BCUT2D eigenvalue weighted by Crippen LogP contribution is 2.20. The summed E-state index contributed by atoms with van der Waals surface area (Å²) in [5.41, 5.74) is 0. The molecule has 2 aromatic heterocycles. The Hall–Kier alpha value is -0.910. The maximum absolute atomic E-state index is 5.81. The monoisotopic (exact) mass is 243 g/mol. The summed E-state index contributed by atoms with van der Waals surface area (Å²) in [6, 6.07) is 3.92. The highest BCUT2D eigenvalue weighted by molar-refractivity contribution is 7.16. The van der Waals surface area contributed by atoms with E-state index in [-0.39, 0.29) is 0 Å². The first-order chi connectivity index (χ1) is 7.34. The average Bonchev–Trinajstić information content (AvgIpc) is 2.84. The third-order valence-electron chi connectivity index (χ3n) is 1.85. The zero-order valence-electron chi connectivity index (χ0n) is 7.94. The lowest BCUT2D eigenvalue weighted by Crippen LogP contribution is -2.15. The molecule has 0 saturated carbocycles. The van der Waals surface area contributed by atoms with E-state index in [1.165, 1.54) is 11.2 Å². The molecule has 1 N–H and O–H groups in total. The van der Waals surface area contributed by atoms with Gasteiger partial charge in [-0.2, -0.15) is 4.98 Å². The van der Waals surface area contributed by atoms with E-state index in [0.29, 0.717) is 5.89 Å². The number of hydrogen-bond donors (Lipinski definition) is 1. The molecule has 4 nitrogen and oxygen atoms in total. The Labute approximate surface area is 96.3 Å². The van der Waals surface area contributed by atoms with E-state index in [1.807, 2.05) is 12.1 Å². The molecule has 0 bridgehead atoms. The zero-order valence-corrected chi connectivity index (χ0v) is 9.51. The van der Waals surface area contributed by atoms with Crippen molar-refractivity contribution < 1.29 is 4.52 Å². The zero-order chi connectivity index (χ0) is 10.5. The van der Waals surface area contributed by atoms with Crippen LogP contribution in [-0.2, 0) is 13.0 Å². The largest absolute Gasteiger partial charge is 0.340 e. The van der Waals surface area contributed by atoms with E-state index in [9.17, 15) is 0 Å². The fourth-order valence-electron chi connectivity index (χ4n) is 1.16. The van der Waals surface area contributed by atoms with Crippen molar-refractivity contribution in [3.05, 3.63) is 33.6 Å². The molecular formula is C9H10ClN3OS. The van der Waals surface area contributed by atoms with Gasteiger partial charge >= 0.3 is 0 Å². The highest BCUT2D eigenvalue weighted by Gasteiger charge is 1.99. The lowest BCUT2D eigenvalue weighted by molar-refractivity contribution is 0.375. The van der Waals surface area contributed by atoms with Gasteiger partial charge in [-0.3, -0.25) is 0 Å². The van der Waals surface area contributed by atoms with Crippen molar-refractivity contribution in [3.8, 4) is 0 Å². The summed E-state index contributed by atoms with van der Waals surface area (Å²) in [5.74, 6) is 0.659. The first-order valence-electron chi connectivity index (χ1n) is 4.55. The lowest BCUT2D eigenvalue weighted by Gasteiger charge is -1.99. The summed E-state index contributed by atoms with van der Waals surface area (Å²) in [7, 11) is 0. The summed E-state index contributed by atoms with van der Waals surface area (Å²) in [5, 5.41) is 6.81. The quantitative estimate of drug-likeness (QED) is 0.818. The van der Waals surface area contributed by atoms with Gasteiger partial charge in [0.05, 0.1) is 4.34 Å². The number of hydrogen-bond acceptors (Lipinski definition) is 5. The van der Waals surface area contributed by atoms with Gasteiger partial charge in [-0.05, 0) is 12.1 Å². The normalized spacial score (nSPS) is 10.7. The van der Waals surface area contributed by atoms with Crippen LogP contribution < -0.4 is 5.32 Å². The molecule has 2 aromatic rings. The number of nitrogens with one attached hydrogen (secondary N) is 1. The summed E-state index contributed by atoms with van der Waals surface area (Å²) < 4.78 is 5.69. The van der Waals surface area contributed by atoms with Crippen molar-refractivity contribution in [2.75, 3.05) is 6.54 Å². The lowest BCUT2D eigenvalue weighted by atomic mass is 10.4. The molecule has 15 heavy (non-hydrogen) atoms. The van der Waals surface area contributed by atoms with Crippen LogP contribution in [0.3, 0.4) is 0 Å². The summed E-state index contributed by atoms with van der Waals surface area (Å²) in [6.07, 6.45) is 2.16. The second-order valence-corrected chi connectivity index (χ2v) is 4.77. The fraction of sp³-hybridized carbons (Fsp3) is 0.333. The SMILES string of the molecule is Clc1ccc(CNCCc2ncno2)s1. The molecule has 0 aliphatic rings. The minimum absolute atomic E-state index is 0.659. The van der Waals surface area contributed by atoms with Crippen LogP contribution in [0.5, 0.6) is 0 Å². The highest BCUT2D eigenvalue weighted by atomic mass is 35.5. The van der Waals surface area contributed by atoms with Crippen molar-refractivity contribution >= 4 is 22.9 Å². The topological polar surface area (TPSA) is 51.0 Å². The van der Waals surface area contributed by atoms with Gasteiger partial charge in [-0.15, -0.1) is 11.3 Å². The standard InChI is InChI=1S/C9H10ClN3OS/c10-8-2-1-7(15-8)5-11-4-3-9-12-6-13-14-9/h1-2,6,11H,3-5H2. The van der Waals surface area contributed by atoms with Crippen LogP contribution in [0, 0.1) is 0 Å². The van der Waals surface area contributed by atoms with Crippen molar-refractivity contribution in [1.29, 1.82) is 0 Å². The smallest absolute Gasteiger partial charge is 0.227 e. The molecule has 0 amide bonds. The number of nitrogens with zero attached hydrogens (tertiary/aromatic N) is 2. The van der Waals surface area contributed by atoms with Crippen LogP contribution in [0.25, 0.3) is 0 Å². The Morgan fingerprint density at radius 1 is 1.47 bits per heavy atom. The minimum Gasteiger partial charge on any atom is -0.340 e. The third kappa shape index (κ3) is 3.30. The van der Waals surface area contributed by atoms with Gasteiger partial charge < -0.3 is 9.84 Å². The average molecular weight is 244 g/mol. The number of halogens is 1. The van der Waals surface area contributed by atoms with E-state index >= 15 is 0 Å². The molecule has 0 radical (unpaired) electrons. The minimum atomic E-state index is 0.659. The second-order valence-electron chi connectivity index (χ2n) is 2.97. The summed E-state index contributed by atoms with van der Waals surface area (Å²) >= 11 is 7.40. The molecule has 2 rings (SSSR count). The fourth-order valence-corrected chi connectivity index (χ4v) is 2.22. The summed E-state index contributed by atoms with van der Waals surface area (Å²) in [4.78, 5) is 5.16. The molecule has 0 aliphatic carbocycles. The molecule has 0 saturated heterocycles. The second kappa shape index (κ2) is 5.25. The molecule has 6 heteroatoms. The third-order valence-corrected chi connectivity index (χ3v) is 3.08. The van der Waals surface area contributed by atoms with Crippen molar-refractivity contribution in [3.63, 3.8) is 0 Å². The number of thiophene rings is 1. The van der Waals surface area contributed by atoms with E-state index in [4.69, 9.17) is 16.1 Å². The van der Waals surface area contributed by atoms with Crippen LogP contribution in [0.2, 0.25) is 4.34 Å². The molecule has 0 unspecified atom stereocenters. The number of aromatic nitrogens is 2. The predicted octanol–water partition coefficient (Wildman–Crippen LogP) is 2.12. The molecule has 0 spiro atoms. The van der Waals surface area contributed by atoms with Crippen LogP contribution in [0.4, 0.5) is 0 Å². The predicted molar refractivity (Wildman–Crippen MR) is 59.0 cm³/mol. The molecule has 80 valence electrons. The molecule has 0 fully saturated rings. The van der Waals surface area contributed by atoms with Gasteiger partial charge in [0.25, 0.3) is 0 Å². The van der Waals surface area contributed by atoms with Crippen molar-refractivity contribution in [1.82, 2.24) is 15.5 Å². The Kier molecular flexibility index (Phi) is 3.71. The Balaban J connectivity index is 1.67. The van der Waals surface area contributed by atoms with Gasteiger partial charge in [0, 0.05) is 24.4 Å². The maximum Gasteiger partial charge on any atom is 0.227 e. The first-order valence-corrected chi connectivity index (χ1v) is 5.74. The van der Waals surface area contributed by atoms with E-state index in [2.05, 4.69) is 15.5 Å². The van der Waals surface area contributed by atoms with Crippen molar-refractivity contribution in [2.45, 2.75) is 13.0 Å². The first kappa shape index (κ1) is 10.6. The molecular weight excluding hydrogens is 234 g/mol. The van der Waals surface area contributed by atoms with Gasteiger partial charge in [-0.25, -0.2) is 0 Å². The van der Waals surface area contributed by atoms with Crippen LogP contribution in [0.15, 0.2) is 23.0 Å². The van der Waals surface area contributed by atoms with E-state index in [1.54, 1.807) is 11.3 Å². The van der Waals surface area contributed by atoms with Crippen LogP contribution in [-0.4, -0.2) is 16.7 Å². The van der Waals surface area contributed by atoms with Gasteiger partial charge in [-0.1, -0.05) is 16.8 Å². The molecule has 2 heterocycles. The number of rotatable bonds is 5. The van der Waals surface area contributed by atoms with Gasteiger partial charge in [0.15, 0.2) is 6.33 Å². The van der Waals surface area contributed by atoms with E-state index in [0.717, 1.165) is 23.8 Å². The maximum atomic E-state index is 5.81.